The summed E-state index contributed by atoms with van der Waals surface area (Å²) in [5.74, 6) is 0. The van der Waals surface area contributed by atoms with Gasteiger partial charge in [-0.3, -0.25) is 14.9 Å². The van der Waals surface area contributed by atoms with Crippen LogP contribution in [-0.2, 0) is 19.5 Å². The van der Waals surface area contributed by atoms with Gasteiger partial charge >= 0.3 is 0 Å². The van der Waals surface area contributed by atoms with Gasteiger partial charge in [-0.15, -0.1) is 0 Å². The van der Waals surface area contributed by atoms with Crippen LogP contribution in [-0.4, -0.2) is 39.1 Å². The number of para-hydroxylation sites is 1. The molecule has 4 aromatic rings. The minimum atomic E-state index is 0.321. The minimum Gasteiger partial charge on any atom is -0.339 e. The molecule has 0 saturated carbocycles. The molecule has 6 nitrogen and oxygen atoms in total. The molecule has 4 N–H and O–H groups in total. The molecule has 1 aromatic carbocycles. The summed E-state index contributed by atoms with van der Waals surface area (Å²) in [6, 6.07) is 15.5. The Balaban J connectivity index is 1.57. The molecule has 0 aliphatic heterocycles. The number of fused-ring (bicyclic) bond motifs is 4. The molecule has 0 radical (unpaired) electrons. The molecule has 178 valence electrons. The molecule has 1 atom stereocenters. The number of hydrogen-bond donors (Lipinski definition) is 2. The van der Waals surface area contributed by atoms with E-state index in [0.717, 1.165) is 64.0 Å². The van der Waals surface area contributed by atoms with Crippen LogP contribution in [0.15, 0.2) is 54.9 Å². The number of nitrogens with zero attached hydrogens (tertiary/aromatic N) is 4. The Morgan fingerprint density at radius 1 is 0.912 bits per heavy atom. The van der Waals surface area contributed by atoms with Gasteiger partial charge < -0.3 is 16.0 Å². The maximum atomic E-state index is 5.91. The van der Waals surface area contributed by atoms with Crippen molar-refractivity contribution in [1.82, 2.24) is 19.4 Å². The second-order valence-corrected chi connectivity index (χ2v) is 9.39. The second-order valence-electron chi connectivity index (χ2n) is 9.39. The number of rotatable bonds is 10. The maximum absolute atomic E-state index is 5.91. The zero-order valence-corrected chi connectivity index (χ0v) is 20.0. The van der Waals surface area contributed by atoms with Crippen LogP contribution in [0, 0.1) is 0 Å². The molecule has 0 fully saturated rings. The van der Waals surface area contributed by atoms with E-state index in [-0.39, 0.29) is 0 Å². The van der Waals surface area contributed by atoms with E-state index in [0.29, 0.717) is 12.6 Å². The SMILES string of the molecule is NCCCCN(Cc1nccc2c3ccccc3n(CCCN)c12)C1CCCc2cccnc21. The highest BCUT2D eigenvalue weighted by Gasteiger charge is 2.28. The van der Waals surface area contributed by atoms with Gasteiger partial charge in [0.25, 0.3) is 0 Å². The number of benzene rings is 1. The maximum Gasteiger partial charge on any atom is 0.0786 e. The fourth-order valence-corrected chi connectivity index (χ4v) is 5.61. The van der Waals surface area contributed by atoms with Gasteiger partial charge in [0.05, 0.1) is 22.9 Å². The van der Waals surface area contributed by atoms with E-state index in [2.05, 4.69) is 51.9 Å². The van der Waals surface area contributed by atoms with E-state index < -0.39 is 0 Å². The Kier molecular flexibility index (Phi) is 7.19. The van der Waals surface area contributed by atoms with Crippen LogP contribution in [0.5, 0.6) is 0 Å². The van der Waals surface area contributed by atoms with Gasteiger partial charge in [0.1, 0.15) is 0 Å². The lowest BCUT2D eigenvalue weighted by molar-refractivity contribution is 0.161. The standard InChI is InChI=1S/C28H36N6/c29-14-3-4-18-33(26-12-5-8-21-9-6-16-32-27(21)26)20-24-28-23(13-17-31-24)22-10-1-2-11-25(22)34(28)19-7-15-30/h1-2,6,9-11,13,16-17,26H,3-5,7-8,12,14-15,18-20,29-30H2. The summed E-state index contributed by atoms with van der Waals surface area (Å²) in [5.41, 5.74) is 18.1. The number of pyridine rings is 2. The summed E-state index contributed by atoms with van der Waals surface area (Å²) in [7, 11) is 0. The van der Waals surface area contributed by atoms with Crippen molar-refractivity contribution in [3.05, 3.63) is 71.8 Å². The van der Waals surface area contributed by atoms with Crippen molar-refractivity contribution < 1.29 is 0 Å². The summed E-state index contributed by atoms with van der Waals surface area (Å²) >= 11 is 0. The van der Waals surface area contributed by atoms with Crippen molar-refractivity contribution >= 4 is 21.8 Å². The highest BCUT2D eigenvalue weighted by molar-refractivity contribution is 6.08. The molecule has 0 saturated heterocycles. The quantitative estimate of drug-likeness (QED) is 0.342. The lowest BCUT2D eigenvalue weighted by atomic mass is 9.90. The topological polar surface area (TPSA) is 86.0 Å². The zero-order valence-electron chi connectivity index (χ0n) is 20.0. The molecule has 3 heterocycles. The average molecular weight is 457 g/mol. The molecule has 1 aliphatic carbocycles. The van der Waals surface area contributed by atoms with Gasteiger partial charge in [0.15, 0.2) is 0 Å². The van der Waals surface area contributed by atoms with Gasteiger partial charge in [-0.2, -0.15) is 0 Å². The van der Waals surface area contributed by atoms with Crippen LogP contribution in [0.2, 0.25) is 0 Å². The summed E-state index contributed by atoms with van der Waals surface area (Å²) in [6.07, 6.45) is 10.4. The summed E-state index contributed by atoms with van der Waals surface area (Å²) in [4.78, 5) is 12.4. The van der Waals surface area contributed by atoms with Crippen LogP contribution >= 0.6 is 0 Å². The van der Waals surface area contributed by atoms with Crippen LogP contribution in [0.25, 0.3) is 21.8 Å². The van der Waals surface area contributed by atoms with Crippen LogP contribution < -0.4 is 11.5 Å². The summed E-state index contributed by atoms with van der Waals surface area (Å²) in [6.45, 7) is 4.12. The molecule has 5 rings (SSSR count). The van der Waals surface area contributed by atoms with E-state index in [4.69, 9.17) is 21.4 Å². The van der Waals surface area contributed by atoms with Crippen molar-refractivity contribution in [2.75, 3.05) is 19.6 Å². The van der Waals surface area contributed by atoms with E-state index >= 15 is 0 Å². The smallest absolute Gasteiger partial charge is 0.0786 e. The Labute approximate surface area is 202 Å². The van der Waals surface area contributed by atoms with Crippen LogP contribution in [0.3, 0.4) is 0 Å². The average Bonchev–Trinajstić information content (AvgIpc) is 3.21. The first-order valence-corrected chi connectivity index (χ1v) is 12.7. The number of nitrogens with two attached hydrogens (primary N) is 2. The molecule has 34 heavy (non-hydrogen) atoms. The minimum absolute atomic E-state index is 0.321. The Hall–Kier alpha value is -2.80. The van der Waals surface area contributed by atoms with E-state index in [9.17, 15) is 0 Å². The van der Waals surface area contributed by atoms with E-state index in [1.807, 2.05) is 12.4 Å². The number of aromatic nitrogens is 3. The highest BCUT2D eigenvalue weighted by atomic mass is 15.2. The van der Waals surface area contributed by atoms with Crippen molar-refractivity contribution in [2.24, 2.45) is 11.5 Å². The molecule has 6 heteroatoms. The van der Waals surface area contributed by atoms with Crippen molar-refractivity contribution in [3.63, 3.8) is 0 Å². The van der Waals surface area contributed by atoms with Gasteiger partial charge in [-0.25, -0.2) is 0 Å². The van der Waals surface area contributed by atoms with Crippen molar-refractivity contribution in [1.29, 1.82) is 0 Å². The monoisotopic (exact) mass is 456 g/mol. The predicted molar refractivity (Wildman–Crippen MR) is 140 cm³/mol. The molecule has 0 spiro atoms. The van der Waals surface area contributed by atoms with Crippen LogP contribution in [0.1, 0.15) is 55.1 Å². The number of aryl methyl sites for hydroxylation is 2. The zero-order chi connectivity index (χ0) is 23.3. The molecule has 1 aliphatic rings. The first-order valence-electron chi connectivity index (χ1n) is 12.7. The lowest BCUT2D eigenvalue weighted by Gasteiger charge is -2.35. The lowest BCUT2D eigenvalue weighted by Crippen LogP contribution is -2.33. The summed E-state index contributed by atoms with van der Waals surface area (Å²) < 4.78 is 2.44. The Morgan fingerprint density at radius 3 is 2.68 bits per heavy atom. The van der Waals surface area contributed by atoms with Crippen molar-refractivity contribution in [2.45, 2.75) is 57.7 Å². The summed E-state index contributed by atoms with van der Waals surface area (Å²) in [5, 5.41) is 2.57. The third kappa shape index (κ3) is 4.45. The molecule has 1 unspecified atom stereocenters. The van der Waals surface area contributed by atoms with Gasteiger partial charge in [-0.1, -0.05) is 24.3 Å². The van der Waals surface area contributed by atoms with Gasteiger partial charge in [0, 0.05) is 41.8 Å². The fraction of sp³-hybridized carbons (Fsp3) is 0.429. The Bertz CT molecular complexity index is 1250. The third-order valence-corrected chi connectivity index (χ3v) is 7.20. The third-order valence-electron chi connectivity index (χ3n) is 7.20. The first-order chi connectivity index (χ1) is 16.8. The highest BCUT2D eigenvalue weighted by Crippen LogP contribution is 2.36. The van der Waals surface area contributed by atoms with E-state index in [1.165, 1.54) is 39.5 Å². The molecule has 0 bridgehead atoms. The van der Waals surface area contributed by atoms with E-state index in [1.54, 1.807) is 0 Å². The normalized spacial score (nSPS) is 15.9. The predicted octanol–water partition coefficient (Wildman–Crippen LogP) is 4.55. The number of unbranched alkanes of at least 4 members (excludes halogenated alkanes) is 1. The first kappa shape index (κ1) is 23.0. The molecule has 0 amide bonds. The molecular weight excluding hydrogens is 420 g/mol. The largest absolute Gasteiger partial charge is 0.339 e. The Morgan fingerprint density at radius 2 is 1.79 bits per heavy atom. The molecule has 3 aromatic heterocycles. The van der Waals surface area contributed by atoms with Gasteiger partial charge in [0.2, 0.25) is 0 Å². The fourth-order valence-electron chi connectivity index (χ4n) is 5.61. The second kappa shape index (κ2) is 10.6. The number of hydrogen-bond acceptors (Lipinski definition) is 5. The van der Waals surface area contributed by atoms with Crippen molar-refractivity contribution in [3.8, 4) is 0 Å². The molecular formula is C28H36N6. The van der Waals surface area contributed by atoms with Crippen LogP contribution in [0.4, 0.5) is 0 Å². The van der Waals surface area contributed by atoms with Gasteiger partial charge in [-0.05, 0) is 81.9 Å².